The zero-order valence-corrected chi connectivity index (χ0v) is 28.9. The summed E-state index contributed by atoms with van der Waals surface area (Å²) in [6.45, 7) is 12.0. The molecule has 0 aliphatic heterocycles. The van der Waals surface area contributed by atoms with Crippen LogP contribution in [0.4, 0.5) is 0 Å². The highest BCUT2D eigenvalue weighted by molar-refractivity contribution is 6.75. The minimum atomic E-state index is -0.818. The number of aromatic nitrogens is 4. The average molecular weight is 698 g/mol. The molecule has 3 heterocycles. The Kier molecular flexibility index (Phi) is 12.3. The number of carbonyl (C=O) groups is 2. The standard InChI is InChI=1S/C17H15ClN2O3.C14H10Cl2N2O2.C3H6O/c1-9-4-13(20-8-12(18)7-19-20)5-10(2)15(9)16-14(21)6-11(3)23-17(16)22;1-8-3-11(18-6-10(15)5-17-18)4-9(2)13(8)12(7-19)14(16)20;1-3(2)4/h4-8,21H,1-3H3;3-6H,1-2H3;1-2H3. The third-order valence-electron chi connectivity index (χ3n) is 6.52. The van der Waals surface area contributed by atoms with Crippen LogP contribution in [0.1, 0.15) is 47.4 Å². The molecule has 10 nitrogen and oxygen atoms in total. The Labute approximate surface area is 285 Å². The number of allylic oxidation sites excluding steroid dienone is 1. The number of hydrogen-bond donors (Lipinski definition) is 1. The number of hydrogen-bond acceptors (Lipinski definition) is 8. The van der Waals surface area contributed by atoms with Crippen molar-refractivity contribution in [2.75, 3.05) is 0 Å². The summed E-state index contributed by atoms with van der Waals surface area (Å²) in [6, 6.07) is 8.79. The molecule has 5 rings (SSSR count). The van der Waals surface area contributed by atoms with Gasteiger partial charge in [-0.15, -0.1) is 0 Å². The van der Waals surface area contributed by atoms with Gasteiger partial charge >= 0.3 is 5.63 Å². The van der Waals surface area contributed by atoms with Crippen LogP contribution in [0.3, 0.4) is 0 Å². The van der Waals surface area contributed by atoms with E-state index in [2.05, 4.69) is 10.2 Å². The summed E-state index contributed by atoms with van der Waals surface area (Å²) in [4.78, 5) is 43.8. The van der Waals surface area contributed by atoms with E-state index in [0.717, 1.165) is 33.6 Å². The molecule has 13 heteroatoms. The summed E-state index contributed by atoms with van der Waals surface area (Å²) in [6.07, 6.45) is 6.45. The maximum absolute atomic E-state index is 12.2. The Morgan fingerprint density at radius 3 is 1.55 bits per heavy atom. The smallest absolute Gasteiger partial charge is 0.347 e. The second kappa shape index (κ2) is 15.7. The van der Waals surface area contributed by atoms with Crippen LogP contribution in [0.25, 0.3) is 28.1 Å². The van der Waals surface area contributed by atoms with Crippen LogP contribution in [-0.4, -0.2) is 41.6 Å². The van der Waals surface area contributed by atoms with Crippen LogP contribution in [-0.2, 0) is 14.4 Å². The number of halogens is 3. The van der Waals surface area contributed by atoms with Crippen LogP contribution in [0.15, 0.2) is 64.3 Å². The van der Waals surface area contributed by atoms with Crippen molar-refractivity contribution in [3.63, 3.8) is 0 Å². The van der Waals surface area contributed by atoms with Gasteiger partial charge < -0.3 is 14.3 Å². The lowest BCUT2D eigenvalue weighted by Gasteiger charge is -2.13. The van der Waals surface area contributed by atoms with E-state index in [1.807, 2.05) is 26.0 Å². The Balaban J connectivity index is 0.000000231. The number of benzene rings is 2. The summed E-state index contributed by atoms with van der Waals surface area (Å²) in [5.74, 6) is 2.06. The molecule has 47 heavy (non-hydrogen) atoms. The van der Waals surface area contributed by atoms with Crippen LogP contribution >= 0.6 is 34.8 Å². The van der Waals surface area contributed by atoms with Gasteiger partial charge in [0.15, 0.2) is 0 Å². The molecule has 0 unspecified atom stereocenters. The summed E-state index contributed by atoms with van der Waals surface area (Å²) in [5.41, 5.74) is 5.37. The van der Waals surface area contributed by atoms with E-state index in [4.69, 9.17) is 39.2 Å². The highest BCUT2D eigenvalue weighted by Crippen LogP contribution is 2.33. The fourth-order valence-electron chi connectivity index (χ4n) is 4.83. The average Bonchev–Trinajstić information content (AvgIpc) is 3.59. The molecule has 0 saturated carbocycles. The molecule has 3 aromatic heterocycles. The van der Waals surface area contributed by atoms with Gasteiger partial charge in [-0.05, 0) is 112 Å². The van der Waals surface area contributed by atoms with Crippen molar-refractivity contribution >= 4 is 57.3 Å². The molecule has 0 bridgehead atoms. The van der Waals surface area contributed by atoms with E-state index < -0.39 is 10.9 Å². The second-order valence-corrected chi connectivity index (χ2v) is 11.9. The van der Waals surface area contributed by atoms with E-state index in [9.17, 15) is 24.3 Å². The van der Waals surface area contributed by atoms with Gasteiger partial charge in [-0.25, -0.2) is 19.0 Å². The van der Waals surface area contributed by atoms with Gasteiger partial charge in [0.25, 0.3) is 5.24 Å². The molecule has 0 aliphatic rings. The van der Waals surface area contributed by atoms with Crippen LogP contribution in [0, 0.1) is 34.6 Å². The van der Waals surface area contributed by atoms with Gasteiger partial charge in [0.2, 0.25) is 0 Å². The lowest BCUT2D eigenvalue weighted by Crippen LogP contribution is -2.07. The number of carbonyl (C=O) groups excluding carboxylic acids is 3. The van der Waals surface area contributed by atoms with Crippen LogP contribution in [0.2, 0.25) is 10.0 Å². The van der Waals surface area contributed by atoms with Gasteiger partial charge in [0.1, 0.15) is 34.4 Å². The van der Waals surface area contributed by atoms with Crippen LogP contribution in [0.5, 0.6) is 5.75 Å². The van der Waals surface area contributed by atoms with Gasteiger partial charge in [0, 0.05) is 24.0 Å². The minimum absolute atomic E-state index is 0.0835. The molecule has 0 amide bonds. The first kappa shape index (κ1) is 36.7. The first-order valence-corrected chi connectivity index (χ1v) is 15.1. The number of ketones is 1. The van der Waals surface area contributed by atoms with Crippen molar-refractivity contribution in [2.24, 2.45) is 0 Å². The molecule has 1 N–H and O–H groups in total. The van der Waals surface area contributed by atoms with Gasteiger partial charge in [-0.2, -0.15) is 10.2 Å². The van der Waals surface area contributed by atoms with E-state index in [1.165, 1.54) is 26.1 Å². The Hall–Kier alpha value is -4.73. The van der Waals surface area contributed by atoms with E-state index in [0.29, 0.717) is 26.9 Å². The third-order valence-corrected chi connectivity index (χ3v) is 7.10. The molecule has 0 spiro atoms. The first-order chi connectivity index (χ1) is 22.0. The molecular weight excluding hydrogens is 667 g/mol. The van der Waals surface area contributed by atoms with Crippen molar-refractivity contribution in [1.82, 2.24) is 19.6 Å². The highest BCUT2D eigenvalue weighted by atomic mass is 35.5. The molecule has 0 radical (unpaired) electrons. The number of Topliss-reactive ketones (excluding diaryl/α,β-unsaturated/α-hetero) is 1. The molecule has 0 atom stereocenters. The SMILES string of the molecule is CC(C)=O.Cc1cc(-n2cc(Cl)cn2)cc(C)c1C(=C=O)C(=O)Cl.Cc1cc(O)c(-c2c(C)cc(-n3cc(Cl)cn3)cc2C)c(=O)o1. The van der Waals surface area contributed by atoms with Crippen molar-refractivity contribution in [3.05, 3.63) is 109 Å². The fraction of sp³-hybridized carbons (Fsp3) is 0.206. The third kappa shape index (κ3) is 9.18. The first-order valence-electron chi connectivity index (χ1n) is 13.9. The molecule has 0 saturated heterocycles. The quantitative estimate of drug-likeness (QED) is 0.113. The zero-order valence-electron chi connectivity index (χ0n) is 26.6. The zero-order chi connectivity index (χ0) is 35.2. The maximum Gasteiger partial charge on any atom is 0.347 e. The maximum atomic E-state index is 12.2. The second-order valence-electron chi connectivity index (χ2n) is 10.7. The normalized spacial score (nSPS) is 10.3. The fourth-order valence-corrected chi connectivity index (χ4v) is 5.24. The van der Waals surface area contributed by atoms with Crippen molar-refractivity contribution in [1.29, 1.82) is 0 Å². The lowest BCUT2D eigenvalue weighted by molar-refractivity contribution is -0.115. The van der Waals surface area contributed by atoms with Crippen molar-refractivity contribution in [3.8, 4) is 28.3 Å². The Morgan fingerprint density at radius 1 is 0.787 bits per heavy atom. The van der Waals surface area contributed by atoms with Crippen molar-refractivity contribution in [2.45, 2.75) is 48.5 Å². The van der Waals surface area contributed by atoms with E-state index >= 15 is 0 Å². The number of aryl methyl sites for hydroxylation is 5. The highest BCUT2D eigenvalue weighted by Gasteiger charge is 2.19. The molecular formula is C34H31Cl3N4O6. The minimum Gasteiger partial charge on any atom is -0.507 e. The lowest BCUT2D eigenvalue weighted by atomic mass is 9.95. The van der Waals surface area contributed by atoms with E-state index in [-0.39, 0.29) is 22.7 Å². The summed E-state index contributed by atoms with van der Waals surface area (Å²) in [5, 5.41) is 18.7. The van der Waals surface area contributed by atoms with Crippen LogP contribution < -0.4 is 5.63 Å². The summed E-state index contributed by atoms with van der Waals surface area (Å²) < 4.78 is 8.39. The van der Waals surface area contributed by atoms with Gasteiger partial charge in [-0.1, -0.05) is 23.2 Å². The molecule has 2 aromatic carbocycles. The number of aromatic hydroxyl groups is 1. The molecule has 0 fully saturated rings. The number of rotatable bonds is 5. The predicted octanol–water partition coefficient (Wildman–Crippen LogP) is 7.50. The monoisotopic (exact) mass is 696 g/mol. The summed E-state index contributed by atoms with van der Waals surface area (Å²) >= 11 is 17.1. The van der Waals surface area contributed by atoms with Gasteiger partial charge in [-0.3, -0.25) is 4.79 Å². The Morgan fingerprint density at radius 2 is 1.21 bits per heavy atom. The molecule has 5 aromatic rings. The topological polar surface area (TPSA) is 137 Å². The summed E-state index contributed by atoms with van der Waals surface area (Å²) in [7, 11) is 0. The van der Waals surface area contributed by atoms with Crippen molar-refractivity contribution < 1.29 is 23.9 Å². The molecule has 244 valence electrons. The Bertz CT molecular complexity index is 2040. The van der Waals surface area contributed by atoms with Gasteiger partial charge in [0.05, 0.1) is 33.8 Å². The predicted molar refractivity (Wildman–Crippen MR) is 183 cm³/mol. The molecule has 0 aliphatic carbocycles. The number of nitrogens with zero attached hydrogens (tertiary/aromatic N) is 4. The van der Waals surface area contributed by atoms with E-state index in [1.54, 1.807) is 66.8 Å². The largest absolute Gasteiger partial charge is 0.507 e.